The number of rotatable bonds is 3. The molecule has 3 nitrogen and oxygen atoms in total. The molecule has 1 aromatic carbocycles. The van der Waals surface area contributed by atoms with E-state index in [2.05, 4.69) is 12.1 Å². The number of benzene rings is 1. The minimum atomic E-state index is 0.353. The van der Waals surface area contributed by atoms with Gasteiger partial charge in [-0.05, 0) is 24.1 Å². The lowest BCUT2D eigenvalue weighted by atomic mass is 10.0. The summed E-state index contributed by atoms with van der Waals surface area (Å²) in [6, 6.07) is 7.53. The van der Waals surface area contributed by atoms with Crippen LogP contribution in [0.5, 0.6) is 0 Å². The van der Waals surface area contributed by atoms with Gasteiger partial charge in [-0.3, -0.25) is 0 Å². The molecule has 1 aromatic heterocycles. The summed E-state index contributed by atoms with van der Waals surface area (Å²) in [6.07, 6.45) is 1.85. The molecule has 4 heteroatoms. The van der Waals surface area contributed by atoms with Gasteiger partial charge >= 0.3 is 0 Å². The first-order valence-corrected chi connectivity index (χ1v) is 5.60. The number of hydrogen-bond acceptors (Lipinski definition) is 3. The normalized spacial score (nSPS) is 10.6. The molecule has 0 atom stereocenters. The fourth-order valence-electron chi connectivity index (χ4n) is 1.70. The number of nitrogen functional groups attached to an aromatic ring is 1. The number of anilines is 1. The standard InChI is InChI=1S/C12H13ClN2O/c1-2-4-10-11(12(14)16-15-10)8-5-3-6-9(13)7-8/h3,5-7H,2,4,14H2,1H3. The zero-order valence-electron chi connectivity index (χ0n) is 9.03. The quantitative estimate of drug-likeness (QED) is 0.887. The summed E-state index contributed by atoms with van der Waals surface area (Å²) >= 11 is 5.95. The molecule has 0 amide bonds. The molecule has 0 aliphatic heterocycles. The summed E-state index contributed by atoms with van der Waals surface area (Å²) in [6.45, 7) is 2.09. The van der Waals surface area contributed by atoms with Gasteiger partial charge in [0.2, 0.25) is 5.88 Å². The van der Waals surface area contributed by atoms with Crippen LogP contribution >= 0.6 is 11.6 Å². The van der Waals surface area contributed by atoms with Gasteiger partial charge in [-0.2, -0.15) is 0 Å². The molecule has 0 spiro atoms. The molecule has 2 aromatic rings. The van der Waals surface area contributed by atoms with Crippen LogP contribution in [0.15, 0.2) is 28.8 Å². The van der Waals surface area contributed by atoms with Gasteiger partial charge in [-0.1, -0.05) is 42.2 Å². The predicted octanol–water partition coefficient (Wildman–Crippen LogP) is 3.53. The first-order chi connectivity index (χ1) is 7.72. The first-order valence-electron chi connectivity index (χ1n) is 5.22. The van der Waals surface area contributed by atoms with Crippen molar-refractivity contribution in [1.29, 1.82) is 0 Å². The summed E-state index contributed by atoms with van der Waals surface area (Å²) in [4.78, 5) is 0. The number of aryl methyl sites for hydroxylation is 1. The van der Waals surface area contributed by atoms with Crippen LogP contribution < -0.4 is 5.73 Å². The van der Waals surface area contributed by atoms with Gasteiger partial charge in [-0.15, -0.1) is 0 Å². The monoisotopic (exact) mass is 236 g/mol. The van der Waals surface area contributed by atoms with E-state index in [1.54, 1.807) is 0 Å². The van der Waals surface area contributed by atoms with Crippen LogP contribution in [0.4, 0.5) is 5.88 Å². The van der Waals surface area contributed by atoms with Gasteiger partial charge in [0.25, 0.3) is 0 Å². The first kappa shape index (κ1) is 11.0. The van der Waals surface area contributed by atoms with Gasteiger partial charge in [-0.25, -0.2) is 0 Å². The Hall–Kier alpha value is -1.48. The number of halogens is 1. The minimum Gasteiger partial charge on any atom is -0.367 e. The molecule has 2 rings (SSSR count). The largest absolute Gasteiger partial charge is 0.367 e. The molecule has 0 saturated carbocycles. The zero-order chi connectivity index (χ0) is 11.5. The van der Waals surface area contributed by atoms with Crippen LogP contribution in [-0.2, 0) is 6.42 Å². The molecule has 0 fully saturated rings. The van der Waals surface area contributed by atoms with Crippen LogP contribution in [0.3, 0.4) is 0 Å². The molecule has 2 N–H and O–H groups in total. The minimum absolute atomic E-state index is 0.353. The van der Waals surface area contributed by atoms with Crippen LogP contribution in [0.2, 0.25) is 5.02 Å². The lowest BCUT2D eigenvalue weighted by Crippen LogP contribution is -1.90. The summed E-state index contributed by atoms with van der Waals surface area (Å²) < 4.78 is 5.03. The average molecular weight is 237 g/mol. The molecule has 1 heterocycles. The van der Waals surface area contributed by atoms with E-state index < -0.39 is 0 Å². The van der Waals surface area contributed by atoms with Crippen LogP contribution in [0.25, 0.3) is 11.1 Å². The second-order valence-corrected chi connectivity index (χ2v) is 4.07. The molecular formula is C12H13ClN2O. The molecule has 0 bridgehead atoms. The molecule has 0 aliphatic rings. The maximum absolute atomic E-state index is 5.95. The average Bonchev–Trinajstić information content (AvgIpc) is 2.60. The zero-order valence-corrected chi connectivity index (χ0v) is 9.79. The maximum Gasteiger partial charge on any atom is 0.230 e. The predicted molar refractivity (Wildman–Crippen MR) is 65.4 cm³/mol. The summed E-state index contributed by atoms with van der Waals surface area (Å²) in [7, 11) is 0. The van der Waals surface area contributed by atoms with E-state index in [0.717, 1.165) is 29.7 Å². The van der Waals surface area contributed by atoms with Crippen molar-refractivity contribution in [2.24, 2.45) is 0 Å². The van der Waals surface area contributed by atoms with E-state index in [1.165, 1.54) is 0 Å². The van der Waals surface area contributed by atoms with Crippen LogP contribution in [-0.4, -0.2) is 5.16 Å². The molecule has 0 unspecified atom stereocenters. The Labute approximate surface area is 99.2 Å². The Morgan fingerprint density at radius 3 is 2.94 bits per heavy atom. The van der Waals surface area contributed by atoms with E-state index in [9.17, 15) is 0 Å². The highest BCUT2D eigenvalue weighted by Crippen LogP contribution is 2.31. The fraction of sp³-hybridized carbons (Fsp3) is 0.250. The second-order valence-electron chi connectivity index (χ2n) is 3.63. The Balaban J connectivity index is 2.50. The molecule has 16 heavy (non-hydrogen) atoms. The van der Waals surface area contributed by atoms with Crippen LogP contribution in [0, 0.1) is 0 Å². The highest BCUT2D eigenvalue weighted by atomic mass is 35.5. The van der Waals surface area contributed by atoms with Crippen molar-refractivity contribution in [2.75, 3.05) is 5.73 Å². The molecule has 0 radical (unpaired) electrons. The third-order valence-electron chi connectivity index (χ3n) is 2.39. The Morgan fingerprint density at radius 2 is 2.25 bits per heavy atom. The Morgan fingerprint density at radius 1 is 1.44 bits per heavy atom. The number of aromatic nitrogens is 1. The van der Waals surface area contributed by atoms with Crippen molar-refractivity contribution in [3.63, 3.8) is 0 Å². The Bertz CT molecular complexity index is 494. The van der Waals surface area contributed by atoms with E-state index in [-0.39, 0.29) is 0 Å². The second kappa shape index (κ2) is 4.58. The number of nitrogens with two attached hydrogens (primary N) is 1. The van der Waals surface area contributed by atoms with Crippen molar-refractivity contribution in [3.05, 3.63) is 35.0 Å². The number of hydrogen-bond donors (Lipinski definition) is 1. The van der Waals surface area contributed by atoms with Gasteiger partial charge in [0, 0.05) is 5.02 Å². The van der Waals surface area contributed by atoms with Crippen molar-refractivity contribution in [3.8, 4) is 11.1 Å². The van der Waals surface area contributed by atoms with Crippen LogP contribution in [0.1, 0.15) is 19.0 Å². The summed E-state index contributed by atoms with van der Waals surface area (Å²) in [5.41, 5.74) is 8.49. The van der Waals surface area contributed by atoms with Crippen molar-refractivity contribution < 1.29 is 4.52 Å². The van der Waals surface area contributed by atoms with Crippen molar-refractivity contribution in [2.45, 2.75) is 19.8 Å². The smallest absolute Gasteiger partial charge is 0.230 e. The molecule has 84 valence electrons. The third kappa shape index (κ3) is 2.04. The van der Waals surface area contributed by atoms with E-state index >= 15 is 0 Å². The lowest BCUT2D eigenvalue weighted by Gasteiger charge is -2.01. The lowest BCUT2D eigenvalue weighted by molar-refractivity contribution is 0.427. The topological polar surface area (TPSA) is 52.0 Å². The fourth-order valence-corrected chi connectivity index (χ4v) is 1.89. The van der Waals surface area contributed by atoms with E-state index in [1.807, 2.05) is 24.3 Å². The van der Waals surface area contributed by atoms with Crippen molar-refractivity contribution >= 4 is 17.5 Å². The molecular weight excluding hydrogens is 224 g/mol. The maximum atomic E-state index is 5.95. The van der Waals surface area contributed by atoms with Gasteiger partial charge < -0.3 is 10.3 Å². The summed E-state index contributed by atoms with van der Waals surface area (Å²) in [5, 5.41) is 4.65. The van der Waals surface area contributed by atoms with Gasteiger partial charge in [0.1, 0.15) is 0 Å². The Kier molecular flexibility index (Phi) is 3.15. The highest BCUT2D eigenvalue weighted by Gasteiger charge is 2.14. The van der Waals surface area contributed by atoms with E-state index in [0.29, 0.717) is 10.9 Å². The van der Waals surface area contributed by atoms with Gasteiger partial charge in [0.15, 0.2) is 0 Å². The van der Waals surface area contributed by atoms with Gasteiger partial charge in [0.05, 0.1) is 11.3 Å². The van der Waals surface area contributed by atoms with Crippen molar-refractivity contribution in [1.82, 2.24) is 5.16 Å². The molecule has 0 aliphatic carbocycles. The third-order valence-corrected chi connectivity index (χ3v) is 2.62. The highest BCUT2D eigenvalue weighted by molar-refractivity contribution is 6.30. The summed E-state index contributed by atoms with van der Waals surface area (Å²) in [5.74, 6) is 0.353. The SMILES string of the molecule is CCCc1noc(N)c1-c1cccc(Cl)c1. The van der Waals surface area contributed by atoms with E-state index in [4.69, 9.17) is 21.9 Å². The molecule has 0 saturated heterocycles. The number of nitrogens with zero attached hydrogens (tertiary/aromatic N) is 1.